The zero-order valence-corrected chi connectivity index (χ0v) is 13.4. The standard InChI is InChI=1S/C17H15F4N3O2/c1-2-3-11-8-13(14(18)15(22)16(11)24(25)26)23-9-10-4-6-12(7-5-10)17(19,20)21/h2,4-8,23H,1,3,9,22H2. The third kappa shape index (κ3) is 4.11. The van der Waals surface area contributed by atoms with Crippen molar-refractivity contribution < 1.29 is 22.5 Å². The van der Waals surface area contributed by atoms with Gasteiger partial charge in [0.2, 0.25) is 0 Å². The molecule has 3 N–H and O–H groups in total. The van der Waals surface area contributed by atoms with E-state index in [2.05, 4.69) is 11.9 Å². The molecule has 9 heteroatoms. The predicted octanol–water partition coefficient (Wildman–Crippen LogP) is 4.68. The Kier molecular flexibility index (Phi) is 5.49. The van der Waals surface area contributed by atoms with E-state index in [4.69, 9.17) is 5.73 Å². The molecule has 2 aromatic rings. The zero-order valence-electron chi connectivity index (χ0n) is 13.4. The normalized spacial score (nSPS) is 11.2. The number of hydrogen-bond donors (Lipinski definition) is 2. The summed E-state index contributed by atoms with van der Waals surface area (Å²) in [5.74, 6) is -0.989. The van der Waals surface area contributed by atoms with Gasteiger partial charge in [-0.25, -0.2) is 4.39 Å². The number of nitrogens with two attached hydrogens (primary N) is 1. The highest BCUT2D eigenvalue weighted by atomic mass is 19.4. The molecule has 2 aromatic carbocycles. The van der Waals surface area contributed by atoms with E-state index in [1.54, 1.807) is 0 Å². The molecule has 0 aliphatic rings. The second-order valence-corrected chi connectivity index (χ2v) is 5.46. The Balaban J connectivity index is 2.27. The Bertz CT molecular complexity index is 833. The zero-order chi connectivity index (χ0) is 19.5. The number of benzene rings is 2. The van der Waals surface area contributed by atoms with Crippen LogP contribution in [-0.2, 0) is 19.1 Å². The smallest absolute Gasteiger partial charge is 0.391 e. The van der Waals surface area contributed by atoms with Crippen LogP contribution in [0.3, 0.4) is 0 Å². The van der Waals surface area contributed by atoms with Crippen LogP contribution in [0.1, 0.15) is 16.7 Å². The van der Waals surface area contributed by atoms with Crippen LogP contribution >= 0.6 is 0 Å². The Morgan fingerprint density at radius 3 is 2.38 bits per heavy atom. The van der Waals surface area contributed by atoms with E-state index in [1.807, 2.05) is 0 Å². The van der Waals surface area contributed by atoms with Gasteiger partial charge in [-0.3, -0.25) is 10.1 Å². The number of nitrogens with zero attached hydrogens (tertiary/aromatic N) is 1. The molecule has 26 heavy (non-hydrogen) atoms. The lowest BCUT2D eigenvalue weighted by Gasteiger charge is -2.13. The first-order valence-electron chi connectivity index (χ1n) is 7.41. The van der Waals surface area contributed by atoms with E-state index in [0.29, 0.717) is 5.56 Å². The Morgan fingerprint density at radius 1 is 1.27 bits per heavy atom. The Labute approximate surface area is 146 Å². The fourth-order valence-corrected chi connectivity index (χ4v) is 2.39. The summed E-state index contributed by atoms with van der Waals surface area (Å²) in [6.07, 6.45) is -2.92. The van der Waals surface area contributed by atoms with Crippen LogP contribution in [0.2, 0.25) is 0 Å². The number of halogens is 4. The van der Waals surface area contributed by atoms with E-state index in [-0.39, 0.29) is 24.2 Å². The molecule has 2 rings (SSSR count). The maximum absolute atomic E-state index is 14.3. The van der Waals surface area contributed by atoms with Crippen molar-refractivity contribution in [3.8, 4) is 0 Å². The molecule has 138 valence electrons. The van der Waals surface area contributed by atoms with Crippen LogP contribution < -0.4 is 11.1 Å². The Hall–Kier alpha value is -3.10. The second kappa shape index (κ2) is 7.42. The van der Waals surface area contributed by atoms with E-state index in [0.717, 1.165) is 12.1 Å². The molecule has 0 atom stereocenters. The number of hydrogen-bond acceptors (Lipinski definition) is 4. The molecule has 5 nitrogen and oxygen atoms in total. The first-order chi connectivity index (χ1) is 12.1. The SMILES string of the molecule is C=CCc1cc(NCc2ccc(C(F)(F)F)cc2)c(F)c(N)c1[N+](=O)[O-]. The van der Waals surface area contributed by atoms with Crippen LogP contribution in [0.15, 0.2) is 43.0 Å². The topological polar surface area (TPSA) is 81.2 Å². The molecular formula is C17H15F4N3O2. The molecule has 0 aliphatic heterocycles. The number of allylic oxidation sites excluding steroid dienone is 1. The van der Waals surface area contributed by atoms with Gasteiger partial charge in [0, 0.05) is 12.1 Å². The van der Waals surface area contributed by atoms with Crippen molar-refractivity contribution in [1.29, 1.82) is 0 Å². The lowest BCUT2D eigenvalue weighted by atomic mass is 10.1. The number of nitro benzene ring substituents is 1. The average molecular weight is 369 g/mol. The maximum atomic E-state index is 14.3. The van der Waals surface area contributed by atoms with Crippen molar-refractivity contribution >= 4 is 17.1 Å². The summed E-state index contributed by atoms with van der Waals surface area (Å²) in [5.41, 5.74) is 4.18. The van der Waals surface area contributed by atoms with Crippen molar-refractivity contribution in [2.24, 2.45) is 0 Å². The van der Waals surface area contributed by atoms with Crippen LogP contribution in [0, 0.1) is 15.9 Å². The number of nitrogen functional groups attached to an aromatic ring is 1. The van der Waals surface area contributed by atoms with Crippen molar-refractivity contribution in [2.75, 3.05) is 11.1 Å². The van der Waals surface area contributed by atoms with Gasteiger partial charge in [0.15, 0.2) is 5.82 Å². The molecule has 0 amide bonds. The minimum atomic E-state index is -4.44. The third-order valence-corrected chi connectivity index (χ3v) is 3.66. The Morgan fingerprint density at radius 2 is 1.88 bits per heavy atom. The lowest BCUT2D eigenvalue weighted by molar-refractivity contribution is -0.384. The maximum Gasteiger partial charge on any atom is 0.416 e. The summed E-state index contributed by atoms with van der Waals surface area (Å²) in [4.78, 5) is 10.3. The fourth-order valence-electron chi connectivity index (χ4n) is 2.39. The molecule has 0 saturated heterocycles. The summed E-state index contributed by atoms with van der Waals surface area (Å²) in [6, 6.07) is 5.59. The van der Waals surface area contributed by atoms with Gasteiger partial charge in [0.25, 0.3) is 5.69 Å². The van der Waals surface area contributed by atoms with E-state index in [1.165, 1.54) is 24.3 Å². The van der Waals surface area contributed by atoms with Crippen molar-refractivity contribution in [1.82, 2.24) is 0 Å². The molecule has 0 fully saturated rings. The molecule has 0 bridgehead atoms. The molecule has 0 unspecified atom stereocenters. The monoisotopic (exact) mass is 369 g/mol. The molecule has 0 radical (unpaired) electrons. The minimum Gasteiger partial charge on any atom is -0.391 e. The van der Waals surface area contributed by atoms with Crippen molar-refractivity contribution in [2.45, 2.75) is 19.1 Å². The van der Waals surface area contributed by atoms with E-state index < -0.39 is 33.9 Å². The van der Waals surface area contributed by atoms with Gasteiger partial charge in [-0.1, -0.05) is 18.2 Å². The van der Waals surface area contributed by atoms with Crippen LogP contribution in [0.5, 0.6) is 0 Å². The molecule has 0 heterocycles. The van der Waals surface area contributed by atoms with Gasteiger partial charge in [0.05, 0.1) is 16.2 Å². The van der Waals surface area contributed by atoms with Crippen molar-refractivity contribution in [3.05, 3.63) is 75.6 Å². The van der Waals surface area contributed by atoms with Gasteiger partial charge in [0.1, 0.15) is 5.69 Å². The molecule has 0 spiro atoms. The molecular weight excluding hydrogens is 354 g/mol. The third-order valence-electron chi connectivity index (χ3n) is 3.66. The quantitative estimate of drug-likeness (QED) is 0.255. The highest BCUT2D eigenvalue weighted by molar-refractivity contribution is 5.71. The van der Waals surface area contributed by atoms with Crippen molar-refractivity contribution in [3.63, 3.8) is 0 Å². The highest BCUT2D eigenvalue weighted by Gasteiger charge is 2.30. The van der Waals surface area contributed by atoms with Gasteiger partial charge < -0.3 is 11.1 Å². The molecule has 0 aromatic heterocycles. The summed E-state index contributed by atoms with van der Waals surface area (Å²) in [5, 5.41) is 13.8. The summed E-state index contributed by atoms with van der Waals surface area (Å²) in [6.45, 7) is 3.50. The van der Waals surface area contributed by atoms with E-state index in [9.17, 15) is 27.7 Å². The average Bonchev–Trinajstić information content (AvgIpc) is 2.56. The first-order valence-corrected chi connectivity index (χ1v) is 7.41. The summed E-state index contributed by atoms with van der Waals surface area (Å²) >= 11 is 0. The second-order valence-electron chi connectivity index (χ2n) is 5.46. The number of anilines is 2. The van der Waals surface area contributed by atoms with Gasteiger partial charge >= 0.3 is 6.18 Å². The highest BCUT2D eigenvalue weighted by Crippen LogP contribution is 2.35. The predicted molar refractivity (Wildman–Crippen MR) is 90.1 cm³/mol. The van der Waals surface area contributed by atoms with Crippen LogP contribution in [-0.4, -0.2) is 4.92 Å². The summed E-state index contributed by atoms with van der Waals surface area (Å²) < 4.78 is 51.9. The molecule has 0 saturated carbocycles. The van der Waals surface area contributed by atoms with E-state index >= 15 is 0 Å². The first kappa shape index (κ1) is 19.2. The number of nitrogens with one attached hydrogen (secondary N) is 1. The lowest BCUT2D eigenvalue weighted by Crippen LogP contribution is -2.09. The largest absolute Gasteiger partial charge is 0.416 e. The number of alkyl halides is 3. The molecule has 0 aliphatic carbocycles. The fraction of sp³-hybridized carbons (Fsp3) is 0.176. The number of rotatable bonds is 6. The van der Waals surface area contributed by atoms with Crippen LogP contribution in [0.25, 0.3) is 0 Å². The van der Waals surface area contributed by atoms with Gasteiger partial charge in [-0.15, -0.1) is 6.58 Å². The minimum absolute atomic E-state index is 0.0137. The summed E-state index contributed by atoms with van der Waals surface area (Å²) in [7, 11) is 0. The van der Waals surface area contributed by atoms with Gasteiger partial charge in [-0.2, -0.15) is 13.2 Å². The van der Waals surface area contributed by atoms with Crippen LogP contribution in [0.4, 0.5) is 34.6 Å². The number of nitro groups is 1. The van der Waals surface area contributed by atoms with Gasteiger partial charge in [-0.05, 0) is 30.2 Å².